The van der Waals surface area contributed by atoms with E-state index < -0.39 is 22.8 Å². The normalized spacial score (nSPS) is 11.5. The van der Waals surface area contributed by atoms with Crippen LogP contribution in [-0.2, 0) is 16.0 Å². The molecule has 0 aliphatic carbocycles. The van der Waals surface area contributed by atoms with E-state index in [9.17, 15) is 9.59 Å². The molecule has 0 bridgehead atoms. The molecule has 0 atom stereocenters. The Balaban J connectivity index is 0. The Morgan fingerprint density at radius 2 is 1.16 bits per heavy atom. The highest BCUT2D eigenvalue weighted by molar-refractivity contribution is 5.85. The first-order valence-corrected chi connectivity index (χ1v) is 16.4. The molecule has 0 aliphatic heterocycles. The first kappa shape index (κ1) is 43.2. The lowest BCUT2D eigenvalue weighted by molar-refractivity contribution is -0.145. The second-order valence-corrected chi connectivity index (χ2v) is 13.3. The number of nitrogens with two attached hydrogens (primary N) is 1. The molecule has 1 aromatic carbocycles. The van der Waals surface area contributed by atoms with E-state index in [0.29, 0.717) is 19.6 Å². The van der Waals surface area contributed by atoms with Crippen molar-refractivity contribution in [1.82, 2.24) is 0 Å². The van der Waals surface area contributed by atoms with Gasteiger partial charge < -0.3 is 20.3 Å². The lowest BCUT2D eigenvalue weighted by Crippen LogP contribution is -2.28. The molecule has 3 N–H and O–H groups in total. The number of esters is 2. The molecule has 6 nitrogen and oxygen atoms in total. The van der Waals surface area contributed by atoms with Crippen LogP contribution in [0.5, 0.6) is 11.5 Å². The number of carbonyl (C=O) groups excluding carboxylic acids is 2. The number of aliphatic hydroxyl groups is 1. The topological polar surface area (TPSA) is 98.9 Å². The van der Waals surface area contributed by atoms with Gasteiger partial charge in [-0.3, -0.25) is 9.59 Å². The summed E-state index contributed by atoms with van der Waals surface area (Å²) >= 11 is 0. The fraction of sp³-hybridized carbons (Fsp3) is 0.722. The van der Waals surface area contributed by atoms with Gasteiger partial charge in [-0.1, -0.05) is 82.9 Å². The fourth-order valence-corrected chi connectivity index (χ4v) is 3.90. The van der Waals surface area contributed by atoms with Crippen molar-refractivity contribution in [1.29, 1.82) is 0 Å². The summed E-state index contributed by atoms with van der Waals surface area (Å²) in [6, 6.07) is 5.15. The van der Waals surface area contributed by atoms with Crippen molar-refractivity contribution in [2.24, 2.45) is 16.6 Å². The molecular formula is C36H64ClNO5. The van der Waals surface area contributed by atoms with E-state index in [0.717, 1.165) is 12.0 Å². The summed E-state index contributed by atoms with van der Waals surface area (Å²) in [5, 5.41) is 8.66. The highest BCUT2D eigenvalue weighted by Gasteiger charge is 2.28. The third-order valence-electron chi connectivity index (χ3n) is 6.74. The van der Waals surface area contributed by atoms with E-state index >= 15 is 0 Å². The van der Waals surface area contributed by atoms with Crippen molar-refractivity contribution in [3.63, 3.8) is 0 Å². The van der Waals surface area contributed by atoms with Crippen LogP contribution in [0.15, 0.2) is 30.4 Å². The van der Waals surface area contributed by atoms with Gasteiger partial charge in [-0.05, 0) is 104 Å². The van der Waals surface area contributed by atoms with Gasteiger partial charge in [-0.25, -0.2) is 0 Å². The summed E-state index contributed by atoms with van der Waals surface area (Å²) in [5.41, 5.74) is 5.17. The second-order valence-electron chi connectivity index (χ2n) is 13.3. The summed E-state index contributed by atoms with van der Waals surface area (Å²) in [7, 11) is 0. The summed E-state index contributed by atoms with van der Waals surface area (Å²) < 4.78 is 10.9. The minimum absolute atomic E-state index is 0. The maximum Gasteiger partial charge on any atom is 0.316 e. The van der Waals surface area contributed by atoms with Gasteiger partial charge in [-0.2, -0.15) is 0 Å². The Morgan fingerprint density at radius 1 is 0.721 bits per heavy atom. The number of aliphatic hydroxyl groups excluding tert-OH is 1. The van der Waals surface area contributed by atoms with Crippen LogP contribution in [0.4, 0.5) is 0 Å². The number of benzene rings is 1. The predicted octanol–water partition coefficient (Wildman–Crippen LogP) is 9.53. The van der Waals surface area contributed by atoms with Gasteiger partial charge in [-0.15, -0.1) is 12.4 Å². The van der Waals surface area contributed by atoms with Gasteiger partial charge in [0.15, 0.2) is 11.5 Å². The highest BCUT2D eigenvalue weighted by atomic mass is 35.5. The summed E-state index contributed by atoms with van der Waals surface area (Å²) in [6.07, 6.45) is 23.8. The molecule has 0 radical (unpaired) electrons. The SMILES string of the molecule is CC(C)(C)C(=O)Oc1ccc(CCN)cc1OC(=O)C(C)(C)C.CCCCCCCC/C=C\CCCCCCCCO.Cl. The first-order chi connectivity index (χ1) is 19.9. The number of unbranched alkanes of at least 4 members (excludes halogenated alkanes) is 12. The van der Waals surface area contributed by atoms with E-state index in [-0.39, 0.29) is 23.9 Å². The van der Waals surface area contributed by atoms with Crippen molar-refractivity contribution < 1.29 is 24.2 Å². The van der Waals surface area contributed by atoms with E-state index in [1.807, 2.05) is 6.07 Å². The number of halogens is 1. The molecule has 0 saturated carbocycles. The van der Waals surface area contributed by atoms with Crippen molar-refractivity contribution in [3.8, 4) is 11.5 Å². The lowest BCUT2D eigenvalue weighted by Gasteiger charge is -2.20. The lowest BCUT2D eigenvalue weighted by atomic mass is 9.97. The Hall–Kier alpha value is -1.89. The van der Waals surface area contributed by atoms with Crippen LogP contribution in [0.25, 0.3) is 0 Å². The molecule has 43 heavy (non-hydrogen) atoms. The molecule has 0 fully saturated rings. The zero-order valence-corrected chi connectivity index (χ0v) is 29.3. The monoisotopic (exact) mass is 625 g/mol. The molecule has 1 aromatic rings. The summed E-state index contributed by atoms with van der Waals surface area (Å²) in [5.74, 6) is -0.302. The van der Waals surface area contributed by atoms with E-state index in [2.05, 4.69) is 19.1 Å². The molecule has 250 valence electrons. The van der Waals surface area contributed by atoms with Crippen LogP contribution in [0.2, 0.25) is 0 Å². The summed E-state index contributed by atoms with van der Waals surface area (Å²) in [6.45, 7) is 13.7. The van der Waals surface area contributed by atoms with Crippen molar-refractivity contribution in [2.45, 2.75) is 145 Å². The van der Waals surface area contributed by atoms with Crippen LogP contribution < -0.4 is 15.2 Å². The number of hydrogen-bond acceptors (Lipinski definition) is 6. The number of carbonyl (C=O) groups is 2. The zero-order chi connectivity index (χ0) is 31.9. The van der Waals surface area contributed by atoms with E-state index in [1.165, 1.54) is 83.5 Å². The van der Waals surface area contributed by atoms with Crippen LogP contribution in [-0.4, -0.2) is 30.2 Å². The average molecular weight is 626 g/mol. The van der Waals surface area contributed by atoms with Gasteiger partial charge in [0.25, 0.3) is 0 Å². The standard InChI is InChI=1S/C18H27NO4.C18H36O.ClH/c1-17(2,3)15(20)22-13-8-7-12(9-10-19)11-14(13)23-16(21)18(4,5)6;1-2-3-4-5-6-7-8-9-10-11-12-13-14-15-16-17-18-19;/h7-8,11H,9-10,19H2,1-6H3;9-10,19H,2-8,11-18H2,1H3;1H/b;10-9-;. The Bertz CT molecular complexity index is 887. The van der Waals surface area contributed by atoms with Crippen LogP contribution in [0.3, 0.4) is 0 Å². The number of allylic oxidation sites excluding steroid dienone is 2. The minimum Gasteiger partial charge on any atom is -0.422 e. The third-order valence-corrected chi connectivity index (χ3v) is 6.74. The Kier molecular flexibility index (Phi) is 25.6. The predicted molar refractivity (Wildman–Crippen MR) is 183 cm³/mol. The number of hydrogen-bond donors (Lipinski definition) is 2. The second kappa shape index (κ2) is 25.4. The van der Waals surface area contributed by atoms with Gasteiger partial charge in [0.2, 0.25) is 0 Å². The number of rotatable bonds is 19. The quantitative estimate of drug-likeness (QED) is 0.0687. The zero-order valence-electron chi connectivity index (χ0n) is 28.5. The summed E-state index contributed by atoms with van der Waals surface area (Å²) in [4.78, 5) is 24.2. The molecular weight excluding hydrogens is 562 g/mol. The molecule has 0 amide bonds. The molecule has 0 heterocycles. The molecule has 1 rings (SSSR count). The third kappa shape index (κ3) is 23.2. The molecule has 7 heteroatoms. The average Bonchev–Trinajstić information content (AvgIpc) is 2.91. The molecule has 0 aromatic heterocycles. The van der Waals surface area contributed by atoms with Crippen molar-refractivity contribution in [2.75, 3.05) is 13.2 Å². The molecule has 0 aliphatic rings. The smallest absolute Gasteiger partial charge is 0.316 e. The Morgan fingerprint density at radius 3 is 1.60 bits per heavy atom. The first-order valence-electron chi connectivity index (χ1n) is 16.4. The van der Waals surface area contributed by atoms with Gasteiger partial charge >= 0.3 is 11.9 Å². The number of ether oxygens (including phenoxy) is 2. The van der Waals surface area contributed by atoms with Crippen molar-refractivity contribution >= 4 is 24.3 Å². The van der Waals surface area contributed by atoms with Crippen LogP contribution >= 0.6 is 12.4 Å². The van der Waals surface area contributed by atoms with Crippen LogP contribution in [0, 0.1) is 10.8 Å². The van der Waals surface area contributed by atoms with Gasteiger partial charge in [0.05, 0.1) is 10.8 Å². The van der Waals surface area contributed by atoms with E-state index in [1.54, 1.807) is 53.7 Å². The van der Waals surface area contributed by atoms with Crippen molar-refractivity contribution in [3.05, 3.63) is 35.9 Å². The largest absolute Gasteiger partial charge is 0.422 e. The molecule has 0 spiro atoms. The molecule has 0 unspecified atom stereocenters. The van der Waals surface area contributed by atoms with Gasteiger partial charge in [0, 0.05) is 6.61 Å². The van der Waals surface area contributed by atoms with E-state index in [4.69, 9.17) is 20.3 Å². The highest BCUT2D eigenvalue weighted by Crippen LogP contribution is 2.32. The maximum atomic E-state index is 12.2. The minimum atomic E-state index is -0.658. The van der Waals surface area contributed by atoms with Gasteiger partial charge in [0.1, 0.15) is 0 Å². The Labute approximate surface area is 270 Å². The van der Waals surface area contributed by atoms with Crippen LogP contribution in [0.1, 0.15) is 144 Å². The molecule has 0 saturated heterocycles. The maximum absolute atomic E-state index is 12.2. The fourth-order valence-electron chi connectivity index (χ4n) is 3.90.